The van der Waals surface area contributed by atoms with Crippen molar-refractivity contribution < 1.29 is 28.9 Å². The third kappa shape index (κ3) is 2.96. The summed E-state index contributed by atoms with van der Waals surface area (Å²) in [5.74, 6) is -0.299. The smallest absolute Gasteiger partial charge is 0.407 e. The molecule has 0 radical (unpaired) electrons. The van der Waals surface area contributed by atoms with E-state index in [4.69, 9.17) is 14.2 Å². The molecule has 1 aromatic heterocycles. The van der Waals surface area contributed by atoms with Crippen molar-refractivity contribution in [2.45, 2.75) is 82.8 Å². The Labute approximate surface area is 223 Å². The van der Waals surface area contributed by atoms with Gasteiger partial charge in [0.15, 0.2) is 6.10 Å². The van der Waals surface area contributed by atoms with Crippen LogP contribution in [0, 0.1) is 16.7 Å². The zero-order valence-electron chi connectivity index (χ0n) is 22.6. The average Bonchev–Trinajstić information content (AvgIpc) is 3.53. The number of alkyl carbamates (subject to hydrolysis) is 1. The van der Waals surface area contributed by atoms with Gasteiger partial charge in [0.1, 0.15) is 17.3 Å². The standard InChI is InChI=1S/C30H36N2O6/c1-6-36-26(35)32-23(18-10-9-13-31-16-18)24(33)25(34)37-22-14-21-27(3,4)28(22,5)29-15-17(2)19-11-7-8-12-20(19)30(21,29)38-29/h7-13,16-17,21-24,33H,6,14-15H2,1-5H3,(H,32,35)/t17-,21?,22?,23-,24+,28?,29-,30+/m0/s1. The van der Waals surface area contributed by atoms with Gasteiger partial charge in [0.25, 0.3) is 0 Å². The lowest BCUT2D eigenvalue weighted by Crippen LogP contribution is -2.53. The predicted octanol–water partition coefficient (Wildman–Crippen LogP) is 4.38. The second-order valence-electron chi connectivity index (χ2n) is 12.1. The van der Waals surface area contributed by atoms with Crippen molar-refractivity contribution in [3.05, 3.63) is 65.5 Å². The molecule has 6 rings (SSSR count). The number of pyridine rings is 1. The number of fused-ring (bicyclic) bond motifs is 3. The molecule has 2 heterocycles. The quantitative estimate of drug-likeness (QED) is 0.430. The molecule has 3 aliphatic carbocycles. The number of rotatable bonds is 6. The highest BCUT2D eigenvalue weighted by Gasteiger charge is 2.95. The van der Waals surface area contributed by atoms with Gasteiger partial charge >= 0.3 is 12.1 Å². The SMILES string of the molecule is CCOC(=O)N[C@@H](c1cccnc1)[C@@H](O)C(=O)OC1CC2C(C)(C)C1(C)[C@@]13C[C@H](C)c4ccccc4[C@@]21O3. The normalized spacial score (nSPS) is 36.7. The van der Waals surface area contributed by atoms with Crippen LogP contribution in [0.2, 0.25) is 0 Å². The Hall–Kier alpha value is -2.97. The van der Waals surface area contributed by atoms with E-state index in [0.29, 0.717) is 17.9 Å². The highest BCUT2D eigenvalue weighted by atomic mass is 16.6. The monoisotopic (exact) mass is 520 g/mol. The molecule has 0 spiro atoms. The number of aliphatic hydroxyl groups is 1. The van der Waals surface area contributed by atoms with E-state index in [1.54, 1.807) is 25.3 Å². The number of epoxide rings is 1. The molecule has 1 saturated heterocycles. The number of hydrogen-bond donors (Lipinski definition) is 2. The maximum absolute atomic E-state index is 13.5. The van der Waals surface area contributed by atoms with E-state index in [1.807, 2.05) is 0 Å². The van der Waals surface area contributed by atoms with Crippen molar-refractivity contribution in [3.63, 3.8) is 0 Å². The second kappa shape index (κ2) is 8.26. The summed E-state index contributed by atoms with van der Waals surface area (Å²) < 4.78 is 18.0. The number of nitrogens with one attached hydrogen (secondary N) is 1. The summed E-state index contributed by atoms with van der Waals surface area (Å²) in [4.78, 5) is 29.8. The third-order valence-corrected chi connectivity index (χ3v) is 10.4. The molecular weight excluding hydrogens is 484 g/mol. The first kappa shape index (κ1) is 25.3. The number of esters is 1. The van der Waals surface area contributed by atoms with Gasteiger partial charge < -0.3 is 24.6 Å². The summed E-state index contributed by atoms with van der Waals surface area (Å²) in [6, 6.07) is 10.9. The molecule has 3 unspecified atom stereocenters. The molecule has 38 heavy (non-hydrogen) atoms. The minimum atomic E-state index is -1.64. The molecule has 1 amide bonds. The number of carbonyl (C=O) groups excluding carboxylic acids is 2. The molecule has 3 fully saturated rings. The summed E-state index contributed by atoms with van der Waals surface area (Å²) in [5, 5.41) is 13.8. The molecule has 8 nitrogen and oxygen atoms in total. The van der Waals surface area contributed by atoms with Crippen LogP contribution in [0.4, 0.5) is 4.79 Å². The van der Waals surface area contributed by atoms with Crippen molar-refractivity contribution in [1.82, 2.24) is 10.3 Å². The average molecular weight is 521 g/mol. The fourth-order valence-corrected chi connectivity index (χ4v) is 8.46. The lowest BCUT2D eigenvalue weighted by atomic mass is 9.58. The molecule has 2 bridgehead atoms. The largest absolute Gasteiger partial charge is 0.460 e. The first-order valence-corrected chi connectivity index (χ1v) is 13.6. The van der Waals surface area contributed by atoms with E-state index in [2.05, 4.69) is 62.3 Å². The van der Waals surface area contributed by atoms with Crippen LogP contribution in [0.5, 0.6) is 0 Å². The number of nitrogens with zero attached hydrogens (tertiary/aromatic N) is 1. The van der Waals surface area contributed by atoms with Gasteiger partial charge in [-0.2, -0.15) is 0 Å². The summed E-state index contributed by atoms with van der Waals surface area (Å²) in [7, 11) is 0. The van der Waals surface area contributed by atoms with E-state index >= 15 is 0 Å². The fraction of sp³-hybridized carbons (Fsp3) is 0.567. The van der Waals surface area contributed by atoms with E-state index in [-0.39, 0.29) is 23.5 Å². The number of carbonyl (C=O) groups is 2. The Morgan fingerprint density at radius 1 is 1.21 bits per heavy atom. The van der Waals surface area contributed by atoms with Crippen molar-refractivity contribution in [2.24, 2.45) is 16.7 Å². The van der Waals surface area contributed by atoms with E-state index in [9.17, 15) is 14.7 Å². The first-order valence-electron chi connectivity index (χ1n) is 13.6. The van der Waals surface area contributed by atoms with Gasteiger partial charge in [-0.05, 0) is 53.9 Å². The van der Waals surface area contributed by atoms with Crippen LogP contribution in [-0.4, -0.2) is 46.6 Å². The van der Waals surface area contributed by atoms with Gasteiger partial charge in [0, 0.05) is 23.7 Å². The molecule has 2 N–H and O–H groups in total. The lowest BCUT2D eigenvalue weighted by molar-refractivity contribution is -0.173. The molecule has 2 saturated carbocycles. The first-order chi connectivity index (χ1) is 18.0. The van der Waals surface area contributed by atoms with E-state index in [1.165, 1.54) is 17.3 Å². The Bertz CT molecular complexity index is 1280. The fourth-order valence-electron chi connectivity index (χ4n) is 8.46. The summed E-state index contributed by atoms with van der Waals surface area (Å²) in [5.41, 5.74) is 1.69. The summed E-state index contributed by atoms with van der Waals surface area (Å²) in [6.07, 6.45) is 1.79. The topological polar surface area (TPSA) is 110 Å². The lowest BCUT2D eigenvalue weighted by Gasteiger charge is -2.46. The van der Waals surface area contributed by atoms with Crippen LogP contribution >= 0.6 is 0 Å². The van der Waals surface area contributed by atoms with Gasteiger partial charge in [-0.15, -0.1) is 0 Å². The highest BCUT2D eigenvalue weighted by Crippen LogP contribution is 2.89. The molecule has 1 aromatic carbocycles. The third-order valence-electron chi connectivity index (χ3n) is 10.4. The maximum atomic E-state index is 13.5. The molecule has 202 valence electrons. The minimum absolute atomic E-state index is 0.161. The summed E-state index contributed by atoms with van der Waals surface area (Å²) in [6.45, 7) is 10.8. The Kier molecular flexibility index (Phi) is 5.50. The number of hydrogen-bond acceptors (Lipinski definition) is 7. The Morgan fingerprint density at radius 2 is 1.97 bits per heavy atom. The second-order valence-corrected chi connectivity index (χ2v) is 12.1. The van der Waals surface area contributed by atoms with Crippen molar-refractivity contribution in [1.29, 1.82) is 0 Å². The molecule has 2 aromatic rings. The Morgan fingerprint density at radius 3 is 2.68 bits per heavy atom. The van der Waals surface area contributed by atoms with Gasteiger partial charge in [-0.1, -0.05) is 58.0 Å². The van der Waals surface area contributed by atoms with E-state index < -0.39 is 41.3 Å². The number of amides is 1. The van der Waals surface area contributed by atoms with Crippen LogP contribution in [0.15, 0.2) is 48.8 Å². The molecule has 8 heteroatoms. The zero-order valence-corrected chi connectivity index (χ0v) is 22.6. The minimum Gasteiger partial charge on any atom is -0.460 e. The number of aliphatic hydroxyl groups excluding tert-OH is 1. The maximum Gasteiger partial charge on any atom is 0.407 e. The van der Waals surface area contributed by atoms with Crippen LogP contribution in [0.3, 0.4) is 0 Å². The van der Waals surface area contributed by atoms with Crippen LogP contribution < -0.4 is 5.32 Å². The molecular formula is C30H36N2O6. The predicted molar refractivity (Wildman–Crippen MR) is 138 cm³/mol. The zero-order chi connectivity index (χ0) is 27.1. The summed E-state index contributed by atoms with van der Waals surface area (Å²) >= 11 is 0. The van der Waals surface area contributed by atoms with Crippen molar-refractivity contribution >= 4 is 12.1 Å². The Balaban J connectivity index is 1.29. The highest BCUT2D eigenvalue weighted by molar-refractivity contribution is 5.78. The number of ether oxygens (including phenoxy) is 3. The van der Waals surface area contributed by atoms with E-state index in [0.717, 1.165) is 6.42 Å². The molecule has 8 atom stereocenters. The van der Waals surface area contributed by atoms with Crippen molar-refractivity contribution in [3.8, 4) is 0 Å². The number of benzene rings is 1. The van der Waals surface area contributed by atoms with Gasteiger partial charge in [0.05, 0.1) is 12.6 Å². The molecule has 4 aliphatic rings. The van der Waals surface area contributed by atoms with Crippen LogP contribution in [-0.2, 0) is 24.6 Å². The van der Waals surface area contributed by atoms with Gasteiger partial charge in [-0.3, -0.25) is 4.98 Å². The molecule has 1 aliphatic heterocycles. The van der Waals surface area contributed by atoms with Crippen LogP contribution in [0.1, 0.15) is 76.1 Å². The number of aromatic nitrogens is 1. The van der Waals surface area contributed by atoms with Gasteiger partial charge in [0.2, 0.25) is 0 Å². The van der Waals surface area contributed by atoms with Gasteiger partial charge in [-0.25, -0.2) is 9.59 Å². The van der Waals surface area contributed by atoms with Crippen LogP contribution in [0.25, 0.3) is 0 Å². The van der Waals surface area contributed by atoms with Crippen molar-refractivity contribution in [2.75, 3.05) is 6.61 Å².